The van der Waals surface area contributed by atoms with E-state index in [1.807, 2.05) is 6.92 Å². The molecule has 15 nitrogen and oxygen atoms in total. The van der Waals surface area contributed by atoms with Gasteiger partial charge in [0.05, 0.1) is 67.9 Å². The molecule has 5 aliphatic carbocycles. The average Bonchev–Trinajstić information content (AvgIpc) is 3.81. The molecule has 2 aromatic carbocycles. The number of benzene rings is 2. The fourth-order valence-electron chi connectivity index (χ4n) is 9.21. The highest BCUT2D eigenvalue weighted by atomic mass is 19.1. The lowest BCUT2D eigenvalue weighted by Gasteiger charge is -2.51. The van der Waals surface area contributed by atoms with Crippen molar-refractivity contribution in [1.29, 1.82) is 0 Å². The van der Waals surface area contributed by atoms with Gasteiger partial charge in [-0.1, -0.05) is 23.4 Å². The number of hydrogen-bond donors (Lipinski definition) is 0. The summed E-state index contributed by atoms with van der Waals surface area (Å²) in [6.07, 6.45) is 1.41. The molecule has 2 bridgehead atoms. The zero-order chi connectivity index (χ0) is 38.3. The maximum absolute atomic E-state index is 16.1. The highest BCUT2D eigenvalue weighted by molar-refractivity contribution is 6.12. The fourth-order valence-corrected chi connectivity index (χ4v) is 9.21. The predicted octanol–water partition coefficient (Wildman–Crippen LogP) is 5.42. The molecule has 9 rings (SSSR count). The molecular formula is C38H36FN3O12. The van der Waals surface area contributed by atoms with Gasteiger partial charge in [-0.15, -0.1) is 10.1 Å². The molecular weight excluding hydrogens is 709 g/mol. The number of ketones is 2. The summed E-state index contributed by atoms with van der Waals surface area (Å²) >= 11 is 0. The van der Waals surface area contributed by atoms with Crippen molar-refractivity contribution >= 4 is 17.5 Å². The minimum Gasteiger partial charge on any atom is -0.496 e. The molecule has 2 heterocycles. The van der Waals surface area contributed by atoms with Crippen LogP contribution in [0.3, 0.4) is 0 Å². The van der Waals surface area contributed by atoms with Crippen LogP contribution in [0.2, 0.25) is 0 Å². The number of methoxy groups -OCH3 is 3. The predicted molar refractivity (Wildman–Crippen MR) is 182 cm³/mol. The molecule has 282 valence electrons. The number of esters is 1. The SMILES string of the molecule is COc1cc(C)cc2c1C(=O)[C@H]1[C@@H](ON(C)N=O)C3C=CC1(CC1=CC(=O)c4c(-c5c(F)ccc(OC)c5C5OCCO5)noc4[C@@]13OC)[C@H]2OC(C)=O. The smallest absolute Gasteiger partial charge is 0.303 e. The monoisotopic (exact) mass is 745 g/mol. The second kappa shape index (κ2) is 12.9. The lowest BCUT2D eigenvalue weighted by atomic mass is 9.55. The van der Waals surface area contributed by atoms with E-state index in [4.69, 9.17) is 37.8 Å². The maximum atomic E-state index is 16.1. The van der Waals surface area contributed by atoms with Crippen LogP contribution in [0.25, 0.3) is 11.3 Å². The Labute approximate surface area is 307 Å². The van der Waals surface area contributed by atoms with E-state index in [0.717, 1.165) is 5.56 Å². The molecule has 1 aliphatic heterocycles. The Hall–Kier alpha value is -5.29. The van der Waals surface area contributed by atoms with Gasteiger partial charge < -0.3 is 32.9 Å². The summed E-state index contributed by atoms with van der Waals surface area (Å²) in [6, 6.07) is 6.06. The van der Waals surface area contributed by atoms with Gasteiger partial charge in [0.1, 0.15) is 35.2 Å². The summed E-state index contributed by atoms with van der Waals surface area (Å²) in [6.45, 7) is 3.56. The summed E-state index contributed by atoms with van der Waals surface area (Å²) < 4.78 is 57.5. The largest absolute Gasteiger partial charge is 0.496 e. The third kappa shape index (κ3) is 4.86. The summed E-state index contributed by atoms with van der Waals surface area (Å²) in [5.74, 6) is -4.16. The van der Waals surface area contributed by atoms with Crippen molar-refractivity contribution in [3.05, 3.63) is 92.4 Å². The molecule has 1 aromatic heterocycles. The normalized spacial score (nSPS) is 28.0. The highest BCUT2D eigenvalue weighted by Crippen LogP contribution is 2.67. The van der Waals surface area contributed by atoms with Crippen LogP contribution in [0.15, 0.2) is 57.9 Å². The average molecular weight is 746 g/mol. The van der Waals surface area contributed by atoms with Crippen LogP contribution in [0.5, 0.6) is 11.5 Å². The molecule has 1 saturated heterocycles. The van der Waals surface area contributed by atoms with Gasteiger partial charge in [-0.3, -0.25) is 14.4 Å². The minimum absolute atomic E-state index is 0.0836. The van der Waals surface area contributed by atoms with E-state index in [1.165, 1.54) is 53.5 Å². The third-order valence-corrected chi connectivity index (χ3v) is 11.2. The van der Waals surface area contributed by atoms with E-state index in [-0.39, 0.29) is 64.8 Å². The van der Waals surface area contributed by atoms with Crippen molar-refractivity contribution in [3.8, 4) is 22.8 Å². The topological polar surface area (TPSA) is 175 Å². The Morgan fingerprint density at radius 3 is 2.46 bits per heavy atom. The number of nitroso groups, excluding NO2 is 1. The van der Waals surface area contributed by atoms with Crippen LogP contribution in [-0.4, -0.2) is 75.6 Å². The van der Waals surface area contributed by atoms with Gasteiger partial charge in [-0.2, -0.15) is 0 Å². The number of hydroxylamine groups is 1. The van der Waals surface area contributed by atoms with Crippen molar-refractivity contribution in [2.24, 2.45) is 22.5 Å². The Morgan fingerprint density at radius 2 is 1.80 bits per heavy atom. The van der Waals surface area contributed by atoms with Gasteiger partial charge in [0.2, 0.25) is 0 Å². The molecule has 6 atom stereocenters. The van der Waals surface area contributed by atoms with E-state index >= 15 is 9.18 Å². The number of Topliss-reactive ketones (excluding diaryl/α,β-unsaturated/α-hetero) is 1. The van der Waals surface area contributed by atoms with E-state index in [0.29, 0.717) is 16.3 Å². The molecule has 2 unspecified atom stereocenters. The van der Waals surface area contributed by atoms with Gasteiger partial charge in [-0.25, -0.2) is 9.23 Å². The number of fused-ring (bicyclic) bond motifs is 2. The van der Waals surface area contributed by atoms with Gasteiger partial charge in [0.25, 0.3) is 0 Å². The number of allylic oxidation sites excluding steroid dienone is 1. The van der Waals surface area contributed by atoms with Crippen LogP contribution in [-0.2, 0) is 34.2 Å². The fraction of sp³-hybridized carbons (Fsp3) is 0.421. The molecule has 1 spiro atoms. The van der Waals surface area contributed by atoms with Crippen molar-refractivity contribution < 1.29 is 56.6 Å². The van der Waals surface area contributed by atoms with Crippen LogP contribution in [0.1, 0.15) is 68.9 Å². The first kappa shape index (κ1) is 35.7. The Balaban J connectivity index is 1.39. The summed E-state index contributed by atoms with van der Waals surface area (Å²) in [7, 11) is 5.51. The Bertz CT molecular complexity index is 2180. The molecule has 2 fully saturated rings. The summed E-state index contributed by atoms with van der Waals surface area (Å²) in [5, 5.41) is 7.92. The van der Waals surface area contributed by atoms with Crippen molar-refractivity contribution in [2.45, 2.75) is 44.4 Å². The number of carbonyl (C=O) groups excluding carboxylic acids is 3. The van der Waals surface area contributed by atoms with E-state index in [2.05, 4.69) is 10.4 Å². The maximum Gasteiger partial charge on any atom is 0.303 e. The first-order valence-corrected chi connectivity index (χ1v) is 17.2. The zero-order valence-corrected chi connectivity index (χ0v) is 30.2. The zero-order valence-electron chi connectivity index (χ0n) is 30.2. The number of hydrogen-bond acceptors (Lipinski definition) is 14. The van der Waals surface area contributed by atoms with Gasteiger partial charge in [-0.05, 0) is 48.8 Å². The van der Waals surface area contributed by atoms with Crippen LogP contribution in [0, 0.1) is 34.9 Å². The number of rotatable bonds is 9. The van der Waals surface area contributed by atoms with E-state index in [9.17, 15) is 14.5 Å². The number of ether oxygens (including phenoxy) is 6. The molecule has 1 saturated carbocycles. The summed E-state index contributed by atoms with van der Waals surface area (Å²) in [5.41, 5.74) is -1.69. The molecule has 16 heteroatoms. The first-order valence-electron chi connectivity index (χ1n) is 17.2. The Kier molecular flexibility index (Phi) is 8.56. The van der Waals surface area contributed by atoms with Crippen LogP contribution >= 0.6 is 0 Å². The quantitative estimate of drug-likeness (QED) is 0.117. The molecule has 0 radical (unpaired) electrons. The van der Waals surface area contributed by atoms with Crippen molar-refractivity contribution in [3.63, 3.8) is 0 Å². The highest BCUT2D eigenvalue weighted by Gasteiger charge is 2.70. The van der Waals surface area contributed by atoms with Crippen molar-refractivity contribution in [2.75, 3.05) is 41.6 Å². The van der Waals surface area contributed by atoms with Gasteiger partial charge >= 0.3 is 5.97 Å². The number of carbonyl (C=O) groups is 3. The van der Waals surface area contributed by atoms with Gasteiger partial charge in [0, 0.05) is 30.9 Å². The lowest BCUT2D eigenvalue weighted by Crippen LogP contribution is -2.56. The molecule has 3 aromatic rings. The van der Waals surface area contributed by atoms with Crippen LogP contribution in [0.4, 0.5) is 4.39 Å². The molecule has 0 N–H and O–H groups in total. The molecule has 54 heavy (non-hydrogen) atoms. The number of aromatic nitrogens is 1. The number of nitrogens with zero attached hydrogens (tertiary/aromatic N) is 3. The Morgan fingerprint density at radius 1 is 1.06 bits per heavy atom. The number of halogens is 1. The second-order valence-electron chi connectivity index (χ2n) is 13.9. The standard InChI is InChI=1S/C38H36FN3O12/c1-17-13-20-26(25(14-17)48-5)32(45)30-33(54-42(3)41-46)21-9-10-37(30,34(20)52-18(2)43)16-19-15-23(44)28-31(40-53-35(28)38(19,21)49-6)27-22(39)7-8-24(47-4)29(27)36-50-11-12-51-36/h7-10,13-15,21,30,33-34,36H,11-12,16H2,1-6H3/t21?,30-,33-,34-,37?,38+/m0/s1. The van der Waals surface area contributed by atoms with E-state index < -0.39 is 64.7 Å². The third-order valence-electron chi connectivity index (χ3n) is 11.2. The summed E-state index contributed by atoms with van der Waals surface area (Å²) in [4.78, 5) is 60.6. The van der Waals surface area contributed by atoms with Crippen LogP contribution < -0.4 is 9.47 Å². The second-order valence-corrected chi connectivity index (χ2v) is 13.9. The minimum atomic E-state index is -1.73. The van der Waals surface area contributed by atoms with E-state index in [1.54, 1.807) is 24.3 Å². The molecule has 0 amide bonds. The number of aryl methyl sites for hydroxylation is 1. The molecule has 6 aliphatic rings. The lowest BCUT2D eigenvalue weighted by molar-refractivity contribution is -0.236. The first-order chi connectivity index (χ1) is 25.9. The van der Waals surface area contributed by atoms with Gasteiger partial charge in [0.15, 0.2) is 29.2 Å². The van der Waals surface area contributed by atoms with Crippen molar-refractivity contribution in [1.82, 2.24) is 10.3 Å².